The average Bonchev–Trinajstić information content (AvgIpc) is 3.28. The SMILES string of the molecule is CON=C1CC(C(=O)N2CCN(CCO)CC2)N(C(=O)c2ccc(-c3c(C)cccc3C)cc2)C1. The van der Waals surface area contributed by atoms with Crippen molar-refractivity contribution in [2.24, 2.45) is 5.16 Å². The topological polar surface area (TPSA) is 85.7 Å². The van der Waals surface area contributed by atoms with Gasteiger partial charge in [0.05, 0.1) is 18.9 Å². The number of aliphatic hydroxyl groups excluding tert-OH is 1. The average molecular weight is 479 g/mol. The number of carbonyl (C=O) groups is 2. The van der Waals surface area contributed by atoms with Crippen LogP contribution in [0.3, 0.4) is 0 Å². The van der Waals surface area contributed by atoms with Crippen LogP contribution >= 0.6 is 0 Å². The third-order valence-electron chi connectivity index (χ3n) is 6.93. The van der Waals surface area contributed by atoms with Gasteiger partial charge in [0, 0.05) is 44.7 Å². The van der Waals surface area contributed by atoms with E-state index in [4.69, 9.17) is 9.94 Å². The fraction of sp³-hybridized carbons (Fsp3) is 0.444. The van der Waals surface area contributed by atoms with Crippen molar-refractivity contribution in [1.82, 2.24) is 14.7 Å². The van der Waals surface area contributed by atoms with Crippen LogP contribution in [-0.2, 0) is 9.63 Å². The van der Waals surface area contributed by atoms with Gasteiger partial charge in [-0.1, -0.05) is 35.5 Å². The number of benzene rings is 2. The summed E-state index contributed by atoms with van der Waals surface area (Å²) in [5.74, 6) is -0.243. The van der Waals surface area contributed by atoms with E-state index in [-0.39, 0.29) is 25.0 Å². The maximum absolute atomic E-state index is 13.5. The molecule has 0 aliphatic carbocycles. The Kier molecular flexibility index (Phi) is 7.83. The highest BCUT2D eigenvalue weighted by Gasteiger charge is 2.41. The number of carbonyl (C=O) groups excluding carboxylic acids is 2. The second-order valence-corrected chi connectivity index (χ2v) is 9.23. The van der Waals surface area contributed by atoms with Gasteiger partial charge in [0.25, 0.3) is 5.91 Å². The van der Waals surface area contributed by atoms with Crippen LogP contribution < -0.4 is 0 Å². The number of amides is 2. The molecule has 1 N–H and O–H groups in total. The minimum absolute atomic E-state index is 0.0598. The van der Waals surface area contributed by atoms with Crippen LogP contribution in [0.1, 0.15) is 27.9 Å². The smallest absolute Gasteiger partial charge is 0.254 e. The second-order valence-electron chi connectivity index (χ2n) is 9.23. The summed E-state index contributed by atoms with van der Waals surface area (Å²) < 4.78 is 0. The molecule has 0 spiro atoms. The van der Waals surface area contributed by atoms with Crippen molar-refractivity contribution in [2.75, 3.05) is 53.0 Å². The highest BCUT2D eigenvalue weighted by atomic mass is 16.6. The molecule has 2 fully saturated rings. The first-order valence-electron chi connectivity index (χ1n) is 12.1. The van der Waals surface area contributed by atoms with E-state index in [1.807, 2.05) is 35.2 Å². The van der Waals surface area contributed by atoms with Crippen molar-refractivity contribution in [1.29, 1.82) is 0 Å². The van der Waals surface area contributed by atoms with Crippen LogP contribution in [-0.4, -0.2) is 96.4 Å². The van der Waals surface area contributed by atoms with Crippen LogP contribution in [0, 0.1) is 13.8 Å². The van der Waals surface area contributed by atoms with E-state index in [1.54, 1.807) is 4.90 Å². The van der Waals surface area contributed by atoms with Crippen molar-refractivity contribution in [3.05, 3.63) is 59.2 Å². The van der Waals surface area contributed by atoms with E-state index >= 15 is 0 Å². The zero-order valence-electron chi connectivity index (χ0n) is 20.7. The van der Waals surface area contributed by atoms with Crippen LogP contribution in [0.15, 0.2) is 47.6 Å². The van der Waals surface area contributed by atoms with Crippen molar-refractivity contribution >= 4 is 17.5 Å². The monoisotopic (exact) mass is 478 g/mol. The quantitative estimate of drug-likeness (QED) is 0.644. The lowest BCUT2D eigenvalue weighted by atomic mass is 9.95. The van der Waals surface area contributed by atoms with E-state index in [0.29, 0.717) is 50.4 Å². The largest absolute Gasteiger partial charge is 0.399 e. The number of aryl methyl sites for hydroxylation is 2. The molecule has 8 heteroatoms. The molecule has 0 aromatic heterocycles. The Morgan fingerprint density at radius 3 is 2.29 bits per heavy atom. The molecular formula is C27H34N4O4. The van der Waals surface area contributed by atoms with E-state index < -0.39 is 6.04 Å². The van der Waals surface area contributed by atoms with E-state index in [1.165, 1.54) is 23.8 Å². The molecule has 186 valence electrons. The molecule has 2 amide bonds. The van der Waals surface area contributed by atoms with Crippen LogP contribution in [0.4, 0.5) is 0 Å². The number of hydrogen-bond acceptors (Lipinski definition) is 6. The van der Waals surface area contributed by atoms with E-state index in [2.05, 4.69) is 36.0 Å². The Balaban J connectivity index is 1.53. The minimum Gasteiger partial charge on any atom is -0.399 e. The molecule has 2 aliphatic heterocycles. The number of nitrogens with zero attached hydrogens (tertiary/aromatic N) is 4. The lowest BCUT2D eigenvalue weighted by Gasteiger charge is -2.37. The molecule has 1 unspecified atom stereocenters. The van der Waals surface area contributed by atoms with Crippen LogP contribution in [0.5, 0.6) is 0 Å². The van der Waals surface area contributed by atoms with E-state index in [0.717, 1.165) is 5.56 Å². The Bertz CT molecular complexity index is 1070. The van der Waals surface area contributed by atoms with Gasteiger partial charge in [-0.3, -0.25) is 14.5 Å². The lowest BCUT2D eigenvalue weighted by molar-refractivity contribution is -0.137. The molecule has 2 aromatic carbocycles. The first-order valence-corrected chi connectivity index (χ1v) is 12.1. The van der Waals surface area contributed by atoms with E-state index in [9.17, 15) is 9.59 Å². The van der Waals surface area contributed by atoms with Crippen molar-refractivity contribution in [3.8, 4) is 11.1 Å². The Hall–Kier alpha value is -3.23. The fourth-order valence-electron chi connectivity index (χ4n) is 5.09. The zero-order valence-corrected chi connectivity index (χ0v) is 20.7. The third-order valence-corrected chi connectivity index (χ3v) is 6.93. The summed E-state index contributed by atoms with van der Waals surface area (Å²) >= 11 is 0. The molecule has 2 aromatic rings. The third kappa shape index (κ3) is 5.39. The molecule has 4 rings (SSSR count). The number of piperazine rings is 1. The fourth-order valence-corrected chi connectivity index (χ4v) is 5.09. The molecule has 2 saturated heterocycles. The van der Waals surface area contributed by atoms with Crippen LogP contribution in [0.2, 0.25) is 0 Å². The summed E-state index contributed by atoms with van der Waals surface area (Å²) in [5.41, 5.74) is 5.85. The standard InChI is InChI=1S/C27H34N4O4/c1-19-5-4-6-20(2)25(19)21-7-9-22(10-8-21)26(33)31-18-23(28-35-3)17-24(31)27(34)30-13-11-29(12-14-30)15-16-32/h4-10,24,32H,11-18H2,1-3H3. The number of β-amino-alcohol motifs (C(OH)–C–C–N with tert-alkyl or cyclic N) is 1. The molecule has 1 atom stereocenters. The van der Waals surface area contributed by atoms with Crippen molar-refractivity contribution in [3.63, 3.8) is 0 Å². The highest BCUT2D eigenvalue weighted by molar-refractivity contribution is 6.05. The summed E-state index contributed by atoms with van der Waals surface area (Å²) in [4.78, 5) is 37.5. The maximum Gasteiger partial charge on any atom is 0.254 e. The Morgan fingerprint density at radius 2 is 1.69 bits per heavy atom. The maximum atomic E-state index is 13.5. The van der Waals surface area contributed by atoms with Gasteiger partial charge in [-0.25, -0.2) is 0 Å². The Labute approximate surface area is 206 Å². The molecule has 0 bridgehead atoms. The molecule has 35 heavy (non-hydrogen) atoms. The summed E-state index contributed by atoms with van der Waals surface area (Å²) in [6.45, 7) is 7.75. The van der Waals surface area contributed by atoms with Gasteiger partial charge >= 0.3 is 0 Å². The summed E-state index contributed by atoms with van der Waals surface area (Å²) in [6, 6.07) is 13.2. The minimum atomic E-state index is -0.598. The molecular weight excluding hydrogens is 444 g/mol. The van der Waals surface area contributed by atoms with Gasteiger partial charge in [0.1, 0.15) is 13.2 Å². The summed E-state index contributed by atoms with van der Waals surface area (Å²) in [5, 5.41) is 13.2. The second kappa shape index (κ2) is 11.0. The predicted molar refractivity (Wildman–Crippen MR) is 135 cm³/mol. The molecule has 0 radical (unpaired) electrons. The highest BCUT2D eigenvalue weighted by Crippen LogP contribution is 2.28. The van der Waals surface area contributed by atoms with Gasteiger partial charge in [-0.2, -0.15) is 0 Å². The number of oxime groups is 1. The molecule has 0 saturated carbocycles. The van der Waals surface area contributed by atoms with Gasteiger partial charge in [-0.05, 0) is 48.2 Å². The predicted octanol–water partition coefficient (Wildman–Crippen LogP) is 2.32. The van der Waals surface area contributed by atoms with Crippen molar-refractivity contribution < 1.29 is 19.5 Å². The number of likely N-dealkylation sites (tertiary alicyclic amines) is 1. The van der Waals surface area contributed by atoms with Gasteiger partial charge in [0.2, 0.25) is 5.91 Å². The molecule has 2 aliphatic rings. The van der Waals surface area contributed by atoms with Crippen molar-refractivity contribution in [2.45, 2.75) is 26.3 Å². The number of aliphatic hydroxyl groups is 1. The summed E-state index contributed by atoms with van der Waals surface area (Å²) in [7, 11) is 1.47. The van der Waals surface area contributed by atoms with Crippen LogP contribution in [0.25, 0.3) is 11.1 Å². The van der Waals surface area contributed by atoms with Gasteiger partial charge in [0.15, 0.2) is 0 Å². The number of hydrogen-bond donors (Lipinski definition) is 1. The Morgan fingerprint density at radius 1 is 1.03 bits per heavy atom. The zero-order chi connectivity index (χ0) is 24.9. The first-order chi connectivity index (χ1) is 16.9. The van der Waals surface area contributed by atoms with Gasteiger partial charge < -0.3 is 19.7 Å². The first kappa shape index (κ1) is 24.9. The molecule has 8 nitrogen and oxygen atoms in total. The number of rotatable bonds is 6. The summed E-state index contributed by atoms with van der Waals surface area (Å²) in [6.07, 6.45) is 0.371. The van der Waals surface area contributed by atoms with Gasteiger partial charge in [-0.15, -0.1) is 0 Å². The normalized spacial score (nSPS) is 19.9. The molecule has 2 heterocycles. The lowest BCUT2D eigenvalue weighted by Crippen LogP contribution is -2.54.